The average molecular weight is 409 g/mol. The van der Waals surface area contributed by atoms with Gasteiger partial charge in [-0.05, 0) is 70.0 Å². The predicted octanol–water partition coefficient (Wildman–Crippen LogP) is 3.74. The van der Waals surface area contributed by atoms with E-state index in [0.717, 1.165) is 12.1 Å². The van der Waals surface area contributed by atoms with Crippen LogP contribution in [-0.4, -0.2) is 36.1 Å². The average Bonchev–Trinajstić information content (AvgIpc) is 3.10. The minimum Gasteiger partial charge on any atom is -0.444 e. The Labute approximate surface area is 176 Å². The van der Waals surface area contributed by atoms with Gasteiger partial charge in [-0.3, -0.25) is 9.59 Å². The Kier molecular flexibility index (Phi) is 6.10. The molecule has 0 aromatic heterocycles. The summed E-state index contributed by atoms with van der Waals surface area (Å²) in [7, 11) is 0. The van der Waals surface area contributed by atoms with Crippen molar-refractivity contribution >= 4 is 29.3 Å². The van der Waals surface area contributed by atoms with Gasteiger partial charge in [0.15, 0.2) is 0 Å². The third-order valence-corrected chi connectivity index (χ3v) is 4.66. The van der Waals surface area contributed by atoms with Crippen LogP contribution in [0.5, 0.6) is 0 Å². The van der Waals surface area contributed by atoms with Crippen molar-refractivity contribution in [3.05, 3.63) is 59.7 Å². The fraction of sp³-hybridized carbons (Fsp3) is 0.348. The van der Waals surface area contributed by atoms with Crippen molar-refractivity contribution in [2.75, 3.05) is 16.8 Å². The number of carbonyl (C=O) groups is 3. The van der Waals surface area contributed by atoms with E-state index in [9.17, 15) is 14.4 Å². The molecule has 0 saturated heterocycles. The van der Waals surface area contributed by atoms with E-state index in [4.69, 9.17) is 4.74 Å². The number of hydrogen-bond donors (Lipinski definition) is 2. The Hall–Kier alpha value is -3.35. The summed E-state index contributed by atoms with van der Waals surface area (Å²) in [5, 5.41) is 5.23. The van der Waals surface area contributed by atoms with E-state index in [-0.39, 0.29) is 11.8 Å². The van der Waals surface area contributed by atoms with Gasteiger partial charge in [-0.1, -0.05) is 18.2 Å². The fourth-order valence-corrected chi connectivity index (χ4v) is 3.20. The van der Waals surface area contributed by atoms with Crippen LogP contribution in [0.25, 0.3) is 0 Å². The molecule has 2 N–H and O–H groups in total. The predicted molar refractivity (Wildman–Crippen MR) is 116 cm³/mol. The summed E-state index contributed by atoms with van der Waals surface area (Å²) in [6.07, 6.45) is 0.190. The molecule has 2 aromatic rings. The standard InChI is InChI=1S/C23H27N3O4/c1-15(24-22(29)30-23(2,3)4)20(27)25-18-11-9-17(10-12-18)21(28)26-14-13-16-7-5-6-8-19(16)26/h5-12,15H,13-14H2,1-4H3,(H,24,29)(H,25,27). The van der Waals surface area contributed by atoms with Gasteiger partial charge in [-0.15, -0.1) is 0 Å². The number of anilines is 2. The highest BCUT2D eigenvalue weighted by Crippen LogP contribution is 2.29. The Morgan fingerprint density at radius 2 is 1.70 bits per heavy atom. The van der Waals surface area contributed by atoms with Crippen molar-refractivity contribution in [2.45, 2.75) is 45.8 Å². The highest BCUT2D eigenvalue weighted by Gasteiger charge is 2.25. The number of nitrogens with zero attached hydrogens (tertiary/aromatic N) is 1. The molecule has 0 radical (unpaired) electrons. The third kappa shape index (κ3) is 5.17. The van der Waals surface area contributed by atoms with Crippen LogP contribution >= 0.6 is 0 Å². The summed E-state index contributed by atoms with van der Waals surface area (Å²) in [5.41, 5.74) is 2.56. The first-order valence-corrected chi connectivity index (χ1v) is 9.94. The monoisotopic (exact) mass is 409 g/mol. The summed E-state index contributed by atoms with van der Waals surface area (Å²) in [5.74, 6) is -0.453. The minimum atomic E-state index is -0.776. The summed E-state index contributed by atoms with van der Waals surface area (Å²) in [6, 6.07) is 13.8. The number of rotatable bonds is 4. The zero-order valence-corrected chi connectivity index (χ0v) is 17.7. The van der Waals surface area contributed by atoms with Crippen LogP contribution in [0.15, 0.2) is 48.5 Å². The minimum absolute atomic E-state index is 0.0715. The van der Waals surface area contributed by atoms with Crippen LogP contribution in [0.1, 0.15) is 43.6 Å². The molecular formula is C23H27N3O4. The van der Waals surface area contributed by atoms with Crippen LogP contribution in [0.2, 0.25) is 0 Å². The van der Waals surface area contributed by atoms with Gasteiger partial charge in [0.05, 0.1) is 0 Å². The first kappa shape index (κ1) is 21.4. The molecule has 7 heteroatoms. The van der Waals surface area contributed by atoms with Crippen LogP contribution in [0.3, 0.4) is 0 Å². The zero-order valence-electron chi connectivity index (χ0n) is 17.7. The molecule has 158 valence electrons. The van der Waals surface area contributed by atoms with Gasteiger partial charge in [0.25, 0.3) is 5.91 Å². The van der Waals surface area contributed by atoms with E-state index in [1.807, 2.05) is 24.3 Å². The Morgan fingerprint density at radius 3 is 2.37 bits per heavy atom. The summed E-state index contributed by atoms with van der Waals surface area (Å²) in [4.78, 5) is 38.8. The smallest absolute Gasteiger partial charge is 0.408 e. The highest BCUT2D eigenvalue weighted by atomic mass is 16.6. The molecule has 0 spiro atoms. The molecular weight excluding hydrogens is 382 g/mol. The number of hydrogen-bond acceptors (Lipinski definition) is 4. The summed E-state index contributed by atoms with van der Waals surface area (Å²) >= 11 is 0. The molecule has 0 saturated carbocycles. The lowest BCUT2D eigenvalue weighted by atomic mass is 10.1. The van der Waals surface area contributed by atoms with E-state index in [0.29, 0.717) is 17.8 Å². The van der Waals surface area contributed by atoms with Crippen molar-refractivity contribution in [3.63, 3.8) is 0 Å². The molecule has 1 aliphatic heterocycles. The van der Waals surface area contributed by atoms with Crippen molar-refractivity contribution in [1.82, 2.24) is 5.32 Å². The number of fused-ring (bicyclic) bond motifs is 1. The second-order valence-corrected chi connectivity index (χ2v) is 8.27. The third-order valence-electron chi connectivity index (χ3n) is 4.66. The number of carbonyl (C=O) groups excluding carboxylic acids is 3. The molecule has 0 aliphatic carbocycles. The molecule has 0 bridgehead atoms. The largest absolute Gasteiger partial charge is 0.444 e. The van der Waals surface area contributed by atoms with Crippen molar-refractivity contribution < 1.29 is 19.1 Å². The SMILES string of the molecule is CC(NC(=O)OC(C)(C)C)C(=O)Nc1ccc(C(=O)N2CCc3ccccc32)cc1. The molecule has 3 rings (SSSR count). The van der Waals surface area contributed by atoms with Crippen LogP contribution in [-0.2, 0) is 16.0 Å². The Morgan fingerprint density at radius 1 is 1.03 bits per heavy atom. The number of para-hydroxylation sites is 1. The van der Waals surface area contributed by atoms with Crippen LogP contribution in [0.4, 0.5) is 16.2 Å². The normalized spacial score (nSPS) is 13.9. The molecule has 7 nitrogen and oxygen atoms in total. The van der Waals surface area contributed by atoms with Crippen molar-refractivity contribution in [3.8, 4) is 0 Å². The lowest BCUT2D eigenvalue weighted by Gasteiger charge is -2.21. The van der Waals surface area contributed by atoms with Crippen LogP contribution < -0.4 is 15.5 Å². The summed E-state index contributed by atoms with van der Waals surface area (Å²) < 4.78 is 5.15. The topological polar surface area (TPSA) is 87.7 Å². The maximum atomic E-state index is 12.9. The molecule has 2 aromatic carbocycles. The van der Waals surface area contributed by atoms with Gasteiger partial charge in [-0.2, -0.15) is 0 Å². The zero-order chi connectivity index (χ0) is 21.9. The van der Waals surface area contributed by atoms with Gasteiger partial charge in [0.1, 0.15) is 11.6 Å². The number of amides is 3. The molecule has 1 aliphatic rings. The van der Waals surface area contributed by atoms with E-state index in [1.165, 1.54) is 5.56 Å². The lowest BCUT2D eigenvalue weighted by Crippen LogP contribution is -2.43. The molecule has 1 atom stereocenters. The molecule has 1 unspecified atom stereocenters. The van der Waals surface area contributed by atoms with Gasteiger partial charge in [0, 0.05) is 23.5 Å². The first-order valence-electron chi connectivity index (χ1n) is 9.94. The van der Waals surface area contributed by atoms with Crippen molar-refractivity contribution in [1.29, 1.82) is 0 Å². The Bertz CT molecular complexity index is 948. The Balaban J connectivity index is 1.59. The van der Waals surface area contributed by atoms with E-state index >= 15 is 0 Å². The van der Waals surface area contributed by atoms with Gasteiger partial charge >= 0.3 is 6.09 Å². The van der Waals surface area contributed by atoms with Gasteiger partial charge in [0.2, 0.25) is 5.91 Å². The van der Waals surface area contributed by atoms with Gasteiger partial charge < -0.3 is 20.3 Å². The number of ether oxygens (including phenoxy) is 1. The van der Waals surface area contributed by atoms with E-state index in [2.05, 4.69) is 10.6 Å². The maximum Gasteiger partial charge on any atom is 0.408 e. The number of nitrogens with one attached hydrogen (secondary N) is 2. The molecule has 3 amide bonds. The van der Waals surface area contributed by atoms with Crippen molar-refractivity contribution in [2.24, 2.45) is 0 Å². The summed E-state index contributed by atoms with van der Waals surface area (Å²) in [6.45, 7) is 7.48. The van der Waals surface area contributed by atoms with E-state index < -0.39 is 17.7 Å². The molecule has 30 heavy (non-hydrogen) atoms. The highest BCUT2D eigenvalue weighted by molar-refractivity contribution is 6.07. The quantitative estimate of drug-likeness (QED) is 0.805. The second kappa shape index (κ2) is 8.57. The number of benzene rings is 2. The first-order chi connectivity index (χ1) is 14.1. The fourth-order valence-electron chi connectivity index (χ4n) is 3.20. The molecule has 1 heterocycles. The maximum absolute atomic E-state index is 12.9. The van der Waals surface area contributed by atoms with Gasteiger partial charge in [-0.25, -0.2) is 4.79 Å². The number of alkyl carbamates (subject to hydrolysis) is 1. The van der Waals surface area contributed by atoms with E-state index in [1.54, 1.807) is 56.9 Å². The van der Waals surface area contributed by atoms with Crippen LogP contribution in [0, 0.1) is 0 Å². The lowest BCUT2D eigenvalue weighted by molar-refractivity contribution is -0.117. The second-order valence-electron chi connectivity index (χ2n) is 8.27. The molecule has 0 fully saturated rings.